The Labute approximate surface area is 141 Å². The Kier molecular flexibility index (Phi) is 4.72. The van der Waals surface area contributed by atoms with Gasteiger partial charge in [0.05, 0.1) is 0 Å². The summed E-state index contributed by atoms with van der Waals surface area (Å²) in [6.07, 6.45) is 0. The average Bonchev–Trinajstić information content (AvgIpc) is 2.81. The van der Waals surface area contributed by atoms with Gasteiger partial charge in [-0.25, -0.2) is 4.79 Å². The van der Waals surface area contributed by atoms with Crippen LogP contribution in [0.5, 0.6) is 0 Å². The summed E-state index contributed by atoms with van der Waals surface area (Å²) < 4.78 is 4.93. The minimum Gasteiger partial charge on any atom is -0.389 e. The standard InChI is InChI=1S/C18H14O3.Zn/c1-11(2)17(19)21-18(20)16-14-9-5-3-7-12(14)13-8-4-6-10-15(13)16;/h3-10,16H,1H2,2H3;. The largest absolute Gasteiger partial charge is 0.389 e. The summed E-state index contributed by atoms with van der Waals surface area (Å²) in [6, 6.07) is 15.4. The van der Waals surface area contributed by atoms with E-state index in [4.69, 9.17) is 4.74 Å². The molecule has 0 amide bonds. The zero-order valence-corrected chi connectivity index (χ0v) is 15.3. The number of hydrogen-bond acceptors (Lipinski definition) is 3. The fourth-order valence-electron chi connectivity index (χ4n) is 2.65. The van der Waals surface area contributed by atoms with Crippen LogP contribution in [-0.2, 0) is 33.8 Å². The van der Waals surface area contributed by atoms with Gasteiger partial charge in [-0.3, -0.25) is 4.79 Å². The number of benzene rings is 2. The van der Waals surface area contributed by atoms with E-state index < -0.39 is 17.9 Å². The van der Waals surface area contributed by atoms with Crippen LogP contribution >= 0.6 is 0 Å². The van der Waals surface area contributed by atoms with Crippen molar-refractivity contribution in [3.05, 3.63) is 71.8 Å². The van der Waals surface area contributed by atoms with E-state index in [0.717, 1.165) is 22.3 Å². The van der Waals surface area contributed by atoms with Crippen LogP contribution in [0.15, 0.2) is 60.7 Å². The van der Waals surface area contributed by atoms with Crippen LogP contribution in [0.25, 0.3) is 11.1 Å². The molecule has 0 N–H and O–H groups in total. The summed E-state index contributed by atoms with van der Waals surface area (Å²) in [6.45, 7) is 5.02. The molecule has 0 fully saturated rings. The Morgan fingerprint density at radius 1 is 0.955 bits per heavy atom. The third kappa shape index (κ3) is 2.67. The van der Waals surface area contributed by atoms with Crippen LogP contribution in [0.1, 0.15) is 24.0 Å². The number of hydrogen-bond donors (Lipinski definition) is 0. The first-order chi connectivity index (χ1) is 10.1. The summed E-state index contributed by atoms with van der Waals surface area (Å²) in [7, 11) is 0. The van der Waals surface area contributed by atoms with Crippen molar-refractivity contribution in [2.24, 2.45) is 0 Å². The van der Waals surface area contributed by atoms with Gasteiger partial charge in [-0.15, -0.1) is 0 Å². The topological polar surface area (TPSA) is 43.4 Å². The second-order valence-corrected chi connectivity index (χ2v) is 5.10. The van der Waals surface area contributed by atoms with Crippen molar-refractivity contribution in [1.29, 1.82) is 0 Å². The quantitative estimate of drug-likeness (QED) is 0.363. The van der Waals surface area contributed by atoms with Gasteiger partial charge in [-0.05, 0) is 29.2 Å². The maximum absolute atomic E-state index is 12.4. The summed E-state index contributed by atoms with van der Waals surface area (Å²) >= 11 is 0. The molecule has 0 radical (unpaired) electrons. The molecule has 0 atom stereocenters. The zero-order valence-electron chi connectivity index (χ0n) is 12.3. The monoisotopic (exact) mass is 342 g/mol. The van der Waals surface area contributed by atoms with Gasteiger partial charge < -0.3 is 4.74 Å². The Hall–Kier alpha value is -2.06. The number of carbonyl (C=O) groups is 2. The predicted octanol–water partition coefficient (Wildman–Crippen LogP) is 3.44. The summed E-state index contributed by atoms with van der Waals surface area (Å²) in [5.74, 6) is -1.79. The second-order valence-electron chi connectivity index (χ2n) is 5.10. The third-order valence-electron chi connectivity index (χ3n) is 3.61. The molecule has 0 saturated carbocycles. The maximum Gasteiger partial charge on any atom is 0.340 e. The van der Waals surface area contributed by atoms with Gasteiger partial charge in [0.2, 0.25) is 0 Å². The Balaban J connectivity index is 0.00000176. The van der Waals surface area contributed by atoms with Crippen LogP contribution in [-0.4, -0.2) is 11.9 Å². The van der Waals surface area contributed by atoms with Crippen molar-refractivity contribution in [2.75, 3.05) is 0 Å². The molecule has 2 aromatic rings. The molecule has 3 rings (SSSR count). The molecular formula is C18H14O3Zn. The van der Waals surface area contributed by atoms with Gasteiger partial charge in [0.15, 0.2) is 0 Å². The fourth-order valence-corrected chi connectivity index (χ4v) is 2.65. The van der Waals surface area contributed by atoms with E-state index in [1.807, 2.05) is 48.5 Å². The van der Waals surface area contributed by atoms with Crippen molar-refractivity contribution >= 4 is 11.9 Å². The first kappa shape index (κ1) is 16.3. The SMILES string of the molecule is C=C(C)C(=O)OC(=O)C1c2ccccc2-c2ccccc21.[Zn]. The number of carbonyl (C=O) groups excluding carboxylic acids is 2. The van der Waals surface area contributed by atoms with Gasteiger partial charge in [0.1, 0.15) is 5.92 Å². The van der Waals surface area contributed by atoms with Crippen LogP contribution in [0.4, 0.5) is 0 Å². The Bertz CT molecular complexity index is 719. The van der Waals surface area contributed by atoms with E-state index in [2.05, 4.69) is 6.58 Å². The van der Waals surface area contributed by atoms with Crippen molar-refractivity contribution in [1.82, 2.24) is 0 Å². The van der Waals surface area contributed by atoms with Gasteiger partial charge in [-0.2, -0.15) is 0 Å². The van der Waals surface area contributed by atoms with E-state index in [0.29, 0.717) is 0 Å². The predicted molar refractivity (Wildman–Crippen MR) is 79.6 cm³/mol. The molecule has 106 valence electrons. The Morgan fingerprint density at radius 3 is 1.86 bits per heavy atom. The summed E-state index contributed by atoms with van der Waals surface area (Å²) in [4.78, 5) is 24.0. The van der Waals surface area contributed by atoms with E-state index in [1.54, 1.807) is 0 Å². The van der Waals surface area contributed by atoms with Crippen LogP contribution < -0.4 is 0 Å². The van der Waals surface area contributed by atoms with E-state index >= 15 is 0 Å². The summed E-state index contributed by atoms with van der Waals surface area (Å²) in [5, 5.41) is 0. The zero-order chi connectivity index (χ0) is 15.0. The van der Waals surface area contributed by atoms with Crippen molar-refractivity contribution in [2.45, 2.75) is 12.8 Å². The van der Waals surface area contributed by atoms with Gasteiger partial charge >= 0.3 is 11.9 Å². The number of fused-ring (bicyclic) bond motifs is 3. The van der Waals surface area contributed by atoms with Crippen molar-refractivity contribution < 1.29 is 33.8 Å². The molecule has 0 aromatic heterocycles. The van der Waals surface area contributed by atoms with Gasteiger partial charge in [0.25, 0.3) is 0 Å². The van der Waals surface area contributed by atoms with Crippen LogP contribution in [0, 0.1) is 0 Å². The van der Waals surface area contributed by atoms with Crippen molar-refractivity contribution in [3.63, 3.8) is 0 Å². The minimum absolute atomic E-state index is 0. The van der Waals surface area contributed by atoms with Crippen LogP contribution in [0.3, 0.4) is 0 Å². The smallest absolute Gasteiger partial charge is 0.340 e. The Morgan fingerprint density at radius 2 is 1.41 bits per heavy atom. The van der Waals surface area contributed by atoms with Crippen molar-refractivity contribution in [3.8, 4) is 11.1 Å². The number of ether oxygens (including phenoxy) is 1. The van der Waals surface area contributed by atoms with E-state index in [1.165, 1.54) is 6.92 Å². The molecular weight excluding hydrogens is 330 g/mol. The molecule has 0 spiro atoms. The molecule has 0 aliphatic heterocycles. The molecule has 0 unspecified atom stereocenters. The molecule has 2 aromatic carbocycles. The second kappa shape index (κ2) is 6.37. The molecule has 4 heteroatoms. The minimum atomic E-state index is -0.679. The number of rotatable bonds is 2. The van der Waals surface area contributed by atoms with Gasteiger partial charge in [0, 0.05) is 25.1 Å². The maximum atomic E-state index is 12.4. The molecule has 3 nitrogen and oxygen atoms in total. The first-order valence-corrected chi connectivity index (χ1v) is 6.69. The molecule has 0 bridgehead atoms. The molecule has 0 heterocycles. The normalized spacial score (nSPS) is 11.9. The third-order valence-corrected chi connectivity index (χ3v) is 3.61. The average molecular weight is 344 g/mol. The first-order valence-electron chi connectivity index (χ1n) is 6.69. The number of esters is 2. The molecule has 22 heavy (non-hydrogen) atoms. The van der Waals surface area contributed by atoms with E-state index in [-0.39, 0.29) is 25.1 Å². The van der Waals surface area contributed by atoms with E-state index in [9.17, 15) is 9.59 Å². The van der Waals surface area contributed by atoms with Gasteiger partial charge in [-0.1, -0.05) is 55.1 Å². The molecule has 0 saturated heterocycles. The summed E-state index contributed by atoms with van der Waals surface area (Å²) in [5.41, 5.74) is 3.98. The fraction of sp³-hybridized carbons (Fsp3) is 0.111. The van der Waals surface area contributed by atoms with Crippen LogP contribution in [0.2, 0.25) is 0 Å². The molecule has 1 aliphatic carbocycles. The molecule has 1 aliphatic rings.